The van der Waals surface area contributed by atoms with Gasteiger partial charge in [0.1, 0.15) is 11.6 Å². The van der Waals surface area contributed by atoms with Crippen molar-refractivity contribution in [1.29, 1.82) is 0 Å². The van der Waals surface area contributed by atoms with Crippen molar-refractivity contribution >= 4 is 45.1 Å². The van der Waals surface area contributed by atoms with Gasteiger partial charge in [0, 0.05) is 61.6 Å². The molecule has 1 aliphatic rings. The van der Waals surface area contributed by atoms with Gasteiger partial charge in [0.2, 0.25) is 0 Å². The molecule has 0 spiro atoms. The molecule has 64 heavy (non-hydrogen) atoms. The summed E-state index contributed by atoms with van der Waals surface area (Å²) < 4.78 is 2.65. The average Bonchev–Trinajstić information content (AvgIpc) is 3.32. The highest BCUT2D eigenvalue weighted by molar-refractivity contribution is 5.89. The Morgan fingerprint density at radius 1 is 0.516 bits per heavy atom. The van der Waals surface area contributed by atoms with E-state index >= 15 is 0 Å². The minimum Gasteiger partial charge on any atom is -0.478 e. The first-order valence-corrected chi connectivity index (χ1v) is 19.5. The smallest absolute Gasteiger partial charge is 0.335 e. The number of fused-ring (bicyclic) bond motifs is 2. The number of aromatic nitrogens is 4. The fourth-order valence-electron chi connectivity index (χ4n) is 6.76. The van der Waals surface area contributed by atoms with Gasteiger partial charge in [-0.2, -0.15) is 0 Å². The van der Waals surface area contributed by atoms with E-state index in [0.29, 0.717) is 44.3 Å². The van der Waals surface area contributed by atoms with E-state index in [1.807, 2.05) is 0 Å². The molecule has 9 rings (SSSR count). The number of hydrogen-bond donors (Lipinski definition) is 4. The van der Waals surface area contributed by atoms with Gasteiger partial charge in [-0.1, -0.05) is 48.5 Å². The molecule has 0 amide bonds. The van der Waals surface area contributed by atoms with Crippen LogP contribution in [0.15, 0.2) is 155 Å². The summed E-state index contributed by atoms with van der Waals surface area (Å²) in [6.45, 7) is 4.56. The van der Waals surface area contributed by atoms with E-state index < -0.39 is 21.8 Å². The van der Waals surface area contributed by atoms with Crippen LogP contribution < -0.4 is 21.8 Å². The molecular weight excluding hydrogens is 825 g/mol. The molecule has 0 radical (unpaired) electrons. The van der Waals surface area contributed by atoms with Gasteiger partial charge in [-0.15, -0.1) is 0 Å². The van der Waals surface area contributed by atoms with Crippen molar-refractivity contribution < 1.29 is 29.6 Å². The fraction of sp³-hybridized carbons (Fsp3) is 0.0870. The van der Waals surface area contributed by atoms with E-state index in [0.717, 1.165) is 26.2 Å². The normalized spacial score (nSPS) is 12.0. The van der Waals surface area contributed by atoms with Gasteiger partial charge in [-0.05, 0) is 72.8 Å². The number of hydrogen-bond acceptors (Lipinski definition) is 12. The van der Waals surface area contributed by atoms with Crippen molar-refractivity contribution in [2.45, 2.75) is 0 Å². The number of carbonyl (C=O) groups is 2. The van der Waals surface area contributed by atoms with E-state index in [2.05, 4.69) is 20.6 Å². The van der Waals surface area contributed by atoms with Crippen LogP contribution in [0.4, 0.5) is 11.4 Å². The molecular formula is C46H36N8O10. The summed E-state index contributed by atoms with van der Waals surface area (Å²) in [4.78, 5) is 79.2. The quantitative estimate of drug-likeness (QED) is 0.0940. The van der Waals surface area contributed by atoms with Gasteiger partial charge in [-0.3, -0.25) is 39.0 Å². The molecule has 320 valence electrons. The summed E-state index contributed by atoms with van der Waals surface area (Å²) in [7, 11) is 0. The predicted octanol–water partition coefficient (Wildman–Crippen LogP) is 6.50. The minimum atomic E-state index is -1.08. The second-order valence-electron chi connectivity index (χ2n) is 14.0. The number of nitrogens with zero attached hydrogens (tertiary/aromatic N) is 6. The van der Waals surface area contributed by atoms with Crippen LogP contribution in [0.3, 0.4) is 0 Å². The van der Waals surface area contributed by atoms with Crippen molar-refractivity contribution in [3.8, 4) is 34.2 Å². The molecule has 0 unspecified atom stereocenters. The number of nitrogens with one attached hydrogen (secondary N) is 2. The molecule has 4 N–H and O–H groups in total. The van der Waals surface area contributed by atoms with Crippen LogP contribution in [0.2, 0.25) is 0 Å². The van der Waals surface area contributed by atoms with Crippen LogP contribution in [0.5, 0.6) is 0 Å². The lowest BCUT2D eigenvalue weighted by atomic mass is 10.1. The summed E-state index contributed by atoms with van der Waals surface area (Å²) >= 11 is 0. The van der Waals surface area contributed by atoms with E-state index in [9.17, 15) is 39.4 Å². The van der Waals surface area contributed by atoms with Gasteiger partial charge in [0.25, 0.3) is 22.5 Å². The SMILES string of the molecule is C1CNCCN1.O=C(O)c1ccc(-n2c(-c3cccc([N+](=O)[O-])c3)nc3ccccc3c2=O)cc1.O=C(O)c1ccc(-n2c(-c3cccc([N+](=O)[O-])c3)nc3ccccc3c2=O)cc1. The molecule has 0 aliphatic carbocycles. The molecule has 1 fully saturated rings. The van der Waals surface area contributed by atoms with Crippen LogP contribution >= 0.6 is 0 Å². The Balaban J connectivity index is 0.000000169. The highest BCUT2D eigenvalue weighted by Crippen LogP contribution is 2.27. The molecule has 0 atom stereocenters. The minimum absolute atomic E-state index is 0.0763. The van der Waals surface area contributed by atoms with Gasteiger partial charge < -0.3 is 20.8 Å². The molecule has 0 saturated carbocycles. The summed E-state index contributed by atoms with van der Waals surface area (Å²) in [6.07, 6.45) is 0. The van der Waals surface area contributed by atoms with Gasteiger partial charge in [-0.25, -0.2) is 19.6 Å². The molecule has 2 aromatic heterocycles. The van der Waals surface area contributed by atoms with Crippen LogP contribution in [0.1, 0.15) is 20.7 Å². The van der Waals surface area contributed by atoms with Crippen molar-refractivity contribution in [2.24, 2.45) is 0 Å². The third-order valence-electron chi connectivity index (χ3n) is 9.88. The Hall–Kier alpha value is -8.74. The largest absolute Gasteiger partial charge is 0.478 e. The first-order valence-electron chi connectivity index (χ1n) is 19.5. The first kappa shape index (κ1) is 43.4. The van der Waals surface area contributed by atoms with Crippen LogP contribution in [-0.4, -0.2) is 77.3 Å². The molecule has 3 heterocycles. The third kappa shape index (κ3) is 9.57. The van der Waals surface area contributed by atoms with Crippen molar-refractivity contribution in [2.75, 3.05) is 26.2 Å². The molecule has 0 bridgehead atoms. The van der Waals surface area contributed by atoms with E-state index in [-0.39, 0.29) is 45.3 Å². The standard InChI is InChI=1S/2C21H13N3O5.C4H10N2/c2*25-20-17-6-1-2-7-18(17)22-19(14-4-3-5-16(12-14)24(28)29)23(20)15-10-8-13(9-11-15)21(26)27;1-2-6-4-3-5-1/h2*1-12H,(H,26,27);5-6H,1-4H2. The number of aromatic carboxylic acids is 2. The summed E-state index contributed by atoms with van der Waals surface area (Å²) in [5, 5.41) is 47.8. The molecule has 6 aromatic carbocycles. The van der Waals surface area contributed by atoms with Crippen molar-refractivity contribution in [3.05, 3.63) is 198 Å². The monoisotopic (exact) mass is 860 g/mol. The molecule has 1 saturated heterocycles. The third-order valence-corrected chi connectivity index (χ3v) is 9.88. The van der Waals surface area contributed by atoms with Crippen LogP contribution in [0, 0.1) is 20.2 Å². The molecule has 18 nitrogen and oxygen atoms in total. The van der Waals surface area contributed by atoms with Crippen LogP contribution in [-0.2, 0) is 0 Å². The van der Waals surface area contributed by atoms with Gasteiger partial charge in [0.05, 0.1) is 54.2 Å². The summed E-state index contributed by atoms with van der Waals surface area (Å²) in [5.41, 5.74) is 1.68. The predicted molar refractivity (Wildman–Crippen MR) is 239 cm³/mol. The number of non-ortho nitro benzene ring substituents is 2. The Kier molecular flexibility index (Phi) is 13.1. The maximum absolute atomic E-state index is 13.2. The lowest BCUT2D eigenvalue weighted by Crippen LogP contribution is -2.39. The fourth-order valence-corrected chi connectivity index (χ4v) is 6.76. The summed E-state index contributed by atoms with van der Waals surface area (Å²) in [5.74, 6) is -1.72. The Labute approximate surface area is 361 Å². The van der Waals surface area contributed by atoms with E-state index in [1.54, 1.807) is 60.7 Å². The highest BCUT2D eigenvalue weighted by atomic mass is 16.6. The van der Waals surface area contributed by atoms with E-state index in [1.165, 1.54) is 94.1 Å². The van der Waals surface area contributed by atoms with Gasteiger partial charge >= 0.3 is 11.9 Å². The van der Waals surface area contributed by atoms with Crippen molar-refractivity contribution in [3.63, 3.8) is 0 Å². The van der Waals surface area contributed by atoms with Crippen LogP contribution in [0.25, 0.3) is 56.0 Å². The Bertz CT molecular complexity index is 2960. The van der Waals surface area contributed by atoms with E-state index in [4.69, 9.17) is 10.2 Å². The number of para-hydroxylation sites is 2. The summed E-state index contributed by atoms with van der Waals surface area (Å²) in [6, 6.07) is 36.9. The number of nitro groups is 2. The highest BCUT2D eigenvalue weighted by Gasteiger charge is 2.19. The number of piperazine rings is 1. The number of benzene rings is 6. The molecule has 18 heteroatoms. The van der Waals surface area contributed by atoms with Crippen molar-refractivity contribution in [1.82, 2.24) is 29.7 Å². The topological polar surface area (TPSA) is 255 Å². The zero-order valence-electron chi connectivity index (χ0n) is 33.5. The molecule has 8 aromatic rings. The average molecular weight is 861 g/mol. The zero-order chi connectivity index (χ0) is 45.3. The number of carboxylic acids is 2. The lowest BCUT2D eigenvalue weighted by Gasteiger charge is -2.14. The first-order chi connectivity index (χ1) is 30.9. The molecule has 1 aliphatic heterocycles. The van der Waals surface area contributed by atoms with Gasteiger partial charge in [0.15, 0.2) is 0 Å². The maximum Gasteiger partial charge on any atom is 0.335 e. The Morgan fingerprint density at radius 3 is 1.20 bits per heavy atom. The second-order valence-corrected chi connectivity index (χ2v) is 14.0. The maximum atomic E-state index is 13.2. The Morgan fingerprint density at radius 2 is 0.875 bits per heavy atom. The number of nitro benzene ring substituents is 2. The second kappa shape index (κ2) is 19.3. The zero-order valence-corrected chi connectivity index (χ0v) is 33.5. The lowest BCUT2D eigenvalue weighted by molar-refractivity contribution is -0.385. The number of carboxylic acid groups (broad SMARTS) is 2. The number of rotatable bonds is 8.